The molecule has 18 heavy (non-hydrogen) atoms. The molecule has 0 amide bonds. The largest absolute Gasteiger partial charge is 0.491 e. The average molecular weight is 244 g/mol. The number of nitrogens with zero attached hydrogens (tertiary/aromatic N) is 1. The Labute approximate surface area is 106 Å². The highest BCUT2D eigenvalue weighted by Gasteiger charge is 2.06. The van der Waals surface area contributed by atoms with E-state index in [1.165, 1.54) is 0 Å². The van der Waals surface area contributed by atoms with Crippen molar-refractivity contribution in [1.82, 2.24) is 4.57 Å². The lowest BCUT2D eigenvalue weighted by molar-refractivity contribution is 0.0912. The van der Waals surface area contributed by atoms with Gasteiger partial charge < -0.3 is 14.4 Å². The van der Waals surface area contributed by atoms with Gasteiger partial charge in [0.25, 0.3) is 0 Å². The van der Waals surface area contributed by atoms with Gasteiger partial charge in [-0.3, -0.25) is 5.41 Å². The van der Waals surface area contributed by atoms with E-state index >= 15 is 0 Å². The van der Waals surface area contributed by atoms with E-state index in [0.29, 0.717) is 12.0 Å². The molecule has 94 valence electrons. The number of pyridine rings is 1. The Kier molecular flexibility index (Phi) is 4.15. The first-order chi connectivity index (χ1) is 8.75. The maximum atomic E-state index is 9.86. The fourth-order valence-electron chi connectivity index (χ4n) is 1.62. The minimum atomic E-state index is -0.637. The molecule has 1 aromatic heterocycles. The highest BCUT2D eigenvalue weighted by atomic mass is 16.5. The molecule has 0 aliphatic rings. The van der Waals surface area contributed by atoms with Crippen LogP contribution in [0.5, 0.6) is 5.75 Å². The van der Waals surface area contributed by atoms with Crippen LogP contribution in [0, 0.1) is 5.41 Å². The van der Waals surface area contributed by atoms with Gasteiger partial charge in [-0.25, -0.2) is 0 Å². The molecule has 1 aromatic carbocycles. The highest BCUT2D eigenvalue weighted by Crippen LogP contribution is 2.08. The van der Waals surface area contributed by atoms with E-state index in [1.807, 2.05) is 36.4 Å². The third kappa shape index (κ3) is 3.46. The molecule has 4 heteroatoms. The van der Waals surface area contributed by atoms with Gasteiger partial charge in [0, 0.05) is 6.20 Å². The molecule has 2 rings (SSSR count). The Morgan fingerprint density at radius 3 is 2.56 bits per heavy atom. The van der Waals surface area contributed by atoms with Crippen molar-refractivity contribution < 1.29 is 9.84 Å². The first kappa shape index (κ1) is 12.4. The summed E-state index contributed by atoms with van der Waals surface area (Å²) in [5.41, 5.74) is 0.372. The summed E-state index contributed by atoms with van der Waals surface area (Å²) in [6, 6.07) is 14.7. The van der Waals surface area contributed by atoms with E-state index in [4.69, 9.17) is 10.1 Å². The topological polar surface area (TPSA) is 58.2 Å². The van der Waals surface area contributed by atoms with Crippen LogP contribution < -0.4 is 10.2 Å². The van der Waals surface area contributed by atoms with Crippen LogP contribution in [0.15, 0.2) is 54.7 Å². The molecule has 0 fully saturated rings. The van der Waals surface area contributed by atoms with Crippen molar-refractivity contribution in [1.29, 1.82) is 5.41 Å². The number of hydrogen-bond acceptors (Lipinski definition) is 3. The summed E-state index contributed by atoms with van der Waals surface area (Å²) in [4.78, 5) is 0. The van der Waals surface area contributed by atoms with Crippen molar-refractivity contribution in [3.05, 3.63) is 60.2 Å². The lowest BCUT2D eigenvalue weighted by Gasteiger charge is -2.14. The summed E-state index contributed by atoms with van der Waals surface area (Å²) in [6.07, 6.45) is 1.13. The predicted octanol–water partition coefficient (Wildman–Crippen LogP) is 1.41. The van der Waals surface area contributed by atoms with Gasteiger partial charge in [-0.2, -0.15) is 0 Å². The quantitative estimate of drug-likeness (QED) is 0.835. The zero-order chi connectivity index (χ0) is 12.8. The standard InChI is InChI=1S/C14H16N2O2/c15-14-8-4-5-9-16(14)10-12(17)11-18-13-6-2-1-3-7-13/h1-9,12,15,17H,10-11H2/t12-/m1/s1. The second-order valence-corrected chi connectivity index (χ2v) is 4.02. The van der Waals surface area contributed by atoms with E-state index in [2.05, 4.69) is 0 Å². The number of hydrogen-bond donors (Lipinski definition) is 2. The number of nitrogens with one attached hydrogen (secondary N) is 1. The van der Waals surface area contributed by atoms with Crippen molar-refractivity contribution >= 4 is 0 Å². The molecule has 0 radical (unpaired) electrons. The van der Waals surface area contributed by atoms with E-state index in [9.17, 15) is 5.11 Å². The molecular formula is C14H16N2O2. The van der Waals surface area contributed by atoms with Gasteiger partial charge in [-0.1, -0.05) is 24.3 Å². The van der Waals surface area contributed by atoms with Crippen LogP contribution in [-0.2, 0) is 6.54 Å². The summed E-state index contributed by atoms with van der Waals surface area (Å²) in [5.74, 6) is 0.737. The first-order valence-electron chi connectivity index (χ1n) is 5.81. The Balaban J connectivity index is 1.88. The first-order valence-corrected chi connectivity index (χ1v) is 5.81. The molecule has 0 saturated heterocycles. The van der Waals surface area contributed by atoms with Crippen molar-refractivity contribution in [3.8, 4) is 5.75 Å². The summed E-state index contributed by atoms with van der Waals surface area (Å²) in [6.45, 7) is 0.567. The van der Waals surface area contributed by atoms with Gasteiger partial charge in [0.05, 0.1) is 6.54 Å². The normalized spacial score (nSPS) is 12.1. The molecular weight excluding hydrogens is 228 g/mol. The molecule has 2 aromatic rings. The Morgan fingerprint density at radius 2 is 1.83 bits per heavy atom. The predicted molar refractivity (Wildman–Crippen MR) is 68.2 cm³/mol. The smallest absolute Gasteiger partial charge is 0.124 e. The molecule has 0 bridgehead atoms. The second kappa shape index (κ2) is 6.02. The van der Waals surface area contributed by atoms with Crippen molar-refractivity contribution in [2.24, 2.45) is 0 Å². The Bertz CT molecular complexity index is 537. The lowest BCUT2D eigenvalue weighted by atomic mass is 10.3. The monoisotopic (exact) mass is 244 g/mol. The third-order valence-corrected chi connectivity index (χ3v) is 2.53. The van der Waals surface area contributed by atoms with Gasteiger partial charge in [0.15, 0.2) is 0 Å². The summed E-state index contributed by atoms with van der Waals surface area (Å²) < 4.78 is 7.13. The SMILES string of the molecule is N=c1ccccn1C[C@@H](O)COc1ccccc1. The van der Waals surface area contributed by atoms with E-state index in [0.717, 1.165) is 5.75 Å². The minimum absolute atomic E-state index is 0.214. The lowest BCUT2D eigenvalue weighted by Crippen LogP contribution is -2.29. The van der Waals surface area contributed by atoms with Crippen LogP contribution >= 0.6 is 0 Å². The molecule has 1 atom stereocenters. The number of para-hydroxylation sites is 1. The zero-order valence-electron chi connectivity index (χ0n) is 9.99. The molecule has 0 aliphatic heterocycles. The zero-order valence-corrected chi connectivity index (χ0v) is 9.99. The van der Waals surface area contributed by atoms with Gasteiger partial charge in [-0.15, -0.1) is 0 Å². The third-order valence-electron chi connectivity index (χ3n) is 2.53. The van der Waals surface area contributed by atoms with Crippen molar-refractivity contribution in [2.75, 3.05) is 6.61 Å². The fourth-order valence-corrected chi connectivity index (χ4v) is 1.62. The summed E-state index contributed by atoms with van der Waals surface area (Å²) in [5, 5.41) is 17.5. The number of aliphatic hydroxyl groups excluding tert-OH is 1. The number of aliphatic hydroxyl groups is 1. The molecule has 0 aliphatic carbocycles. The van der Waals surface area contributed by atoms with Crippen molar-refractivity contribution in [2.45, 2.75) is 12.6 Å². The Hall–Kier alpha value is -2.07. The van der Waals surface area contributed by atoms with E-state index in [-0.39, 0.29) is 6.61 Å². The average Bonchev–Trinajstić information content (AvgIpc) is 2.40. The number of aromatic nitrogens is 1. The Morgan fingerprint density at radius 1 is 1.11 bits per heavy atom. The van der Waals surface area contributed by atoms with Gasteiger partial charge in [0.1, 0.15) is 23.9 Å². The maximum absolute atomic E-state index is 9.86. The van der Waals surface area contributed by atoms with Crippen LogP contribution in [0.2, 0.25) is 0 Å². The van der Waals surface area contributed by atoms with Gasteiger partial charge in [-0.05, 0) is 24.3 Å². The van der Waals surface area contributed by atoms with Gasteiger partial charge in [0.2, 0.25) is 0 Å². The summed E-state index contributed by atoms with van der Waals surface area (Å²) in [7, 11) is 0. The van der Waals surface area contributed by atoms with E-state index in [1.54, 1.807) is 22.9 Å². The summed E-state index contributed by atoms with van der Waals surface area (Å²) >= 11 is 0. The number of ether oxygens (including phenoxy) is 1. The van der Waals surface area contributed by atoms with Crippen LogP contribution in [-0.4, -0.2) is 22.4 Å². The minimum Gasteiger partial charge on any atom is -0.491 e. The molecule has 4 nitrogen and oxygen atoms in total. The van der Waals surface area contributed by atoms with E-state index < -0.39 is 6.10 Å². The fraction of sp³-hybridized carbons (Fsp3) is 0.214. The molecule has 1 heterocycles. The molecule has 2 N–H and O–H groups in total. The molecule has 0 spiro atoms. The van der Waals surface area contributed by atoms with Crippen molar-refractivity contribution in [3.63, 3.8) is 0 Å². The maximum Gasteiger partial charge on any atom is 0.124 e. The van der Waals surface area contributed by atoms with Gasteiger partial charge >= 0.3 is 0 Å². The van der Waals surface area contributed by atoms with Crippen LogP contribution in [0.4, 0.5) is 0 Å². The number of benzene rings is 1. The highest BCUT2D eigenvalue weighted by molar-refractivity contribution is 5.20. The second-order valence-electron chi connectivity index (χ2n) is 4.02. The van der Waals surface area contributed by atoms with Crippen LogP contribution in [0.25, 0.3) is 0 Å². The molecule has 0 unspecified atom stereocenters. The molecule has 0 saturated carbocycles. The number of rotatable bonds is 5. The van der Waals surface area contributed by atoms with Crippen LogP contribution in [0.1, 0.15) is 0 Å². The van der Waals surface area contributed by atoms with Crippen LogP contribution in [0.3, 0.4) is 0 Å².